The Morgan fingerprint density at radius 3 is 2.52 bits per heavy atom. The topological polar surface area (TPSA) is 77.4 Å². The fourth-order valence-corrected chi connectivity index (χ4v) is 5.40. The molecule has 0 saturated carbocycles. The van der Waals surface area contributed by atoms with Gasteiger partial charge in [0.25, 0.3) is 0 Å². The van der Waals surface area contributed by atoms with Gasteiger partial charge >= 0.3 is 4.87 Å². The first kappa shape index (κ1) is 21.5. The number of fused-ring (bicyclic) bond motifs is 1. The SMILES string of the molecule is CCOc1ccc(CCCNS(=O)(=O)c2ccc3c(c2)sc(=O)n3C(C)C)cc1. The summed E-state index contributed by atoms with van der Waals surface area (Å²) in [6.07, 6.45) is 1.46. The Morgan fingerprint density at radius 2 is 1.86 bits per heavy atom. The van der Waals surface area contributed by atoms with E-state index >= 15 is 0 Å². The van der Waals surface area contributed by atoms with Crippen LogP contribution in [0, 0.1) is 0 Å². The van der Waals surface area contributed by atoms with Crippen LogP contribution in [-0.4, -0.2) is 26.1 Å². The maximum absolute atomic E-state index is 12.6. The summed E-state index contributed by atoms with van der Waals surface area (Å²) in [6.45, 7) is 6.79. The number of nitrogens with one attached hydrogen (secondary N) is 1. The van der Waals surface area contributed by atoms with Crippen molar-refractivity contribution >= 4 is 31.6 Å². The summed E-state index contributed by atoms with van der Waals surface area (Å²) in [5.74, 6) is 0.834. The van der Waals surface area contributed by atoms with Crippen molar-refractivity contribution in [3.8, 4) is 5.75 Å². The van der Waals surface area contributed by atoms with E-state index in [2.05, 4.69) is 4.72 Å². The number of sulfonamides is 1. The van der Waals surface area contributed by atoms with Crippen molar-refractivity contribution in [3.05, 3.63) is 57.7 Å². The van der Waals surface area contributed by atoms with Crippen LogP contribution in [-0.2, 0) is 16.4 Å². The van der Waals surface area contributed by atoms with Gasteiger partial charge < -0.3 is 4.74 Å². The molecule has 0 radical (unpaired) electrons. The standard InChI is InChI=1S/C21H26N2O4S2/c1-4-27-17-9-7-16(8-10-17)6-5-13-22-29(25,26)18-11-12-19-20(14-18)28-21(24)23(19)15(2)3/h7-12,14-15,22H,4-6,13H2,1-3H3. The second kappa shape index (κ2) is 9.11. The van der Waals surface area contributed by atoms with Gasteiger partial charge in [-0.05, 0) is 69.5 Å². The molecule has 1 heterocycles. The fraction of sp³-hybridized carbons (Fsp3) is 0.381. The van der Waals surface area contributed by atoms with Gasteiger partial charge in [0.15, 0.2) is 0 Å². The van der Waals surface area contributed by atoms with E-state index in [1.165, 1.54) is 0 Å². The monoisotopic (exact) mass is 434 g/mol. The zero-order chi connectivity index (χ0) is 21.0. The number of rotatable bonds is 9. The van der Waals surface area contributed by atoms with E-state index in [0.717, 1.165) is 34.6 Å². The number of hydrogen-bond donors (Lipinski definition) is 1. The van der Waals surface area contributed by atoms with Crippen LogP contribution in [0.3, 0.4) is 0 Å². The van der Waals surface area contributed by atoms with Crippen molar-refractivity contribution in [3.63, 3.8) is 0 Å². The molecule has 6 nitrogen and oxygen atoms in total. The molecule has 0 spiro atoms. The minimum Gasteiger partial charge on any atom is -0.494 e. The smallest absolute Gasteiger partial charge is 0.308 e. The van der Waals surface area contributed by atoms with E-state index in [9.17, 15) is 13.2 Å². The third-order valence-electron chi connectivity index (χ3n) is 4.58. The van der Waals surface area contributed by atoms with Gasteiger partial charge in [-0.15, -0.1) is 0 Å². The number of ether oxygens (including phenoxy) is 1. The van der Waals surface area contributed by atoms with Crippen molar-refractivity contribution in [2.45, 2.75) is 44.6 Å². The van der Waals surface area contributed by atoms with Crippen molar-refractivity contribution < 1.29 is 13.2 Å². The summed E-state index contributed by atoms with van der Waals surface area (Å²) in [6, 6.07) is 12.7. The molecule has 0 fully saturated rings. The van der Waals surface area contributed by atoms with Gasteiger partial charge in [-0.1, -0.05) is 23.5 Å². The first-order valence-corrected chi connectivity index (χ1v) is 12.0. The Labute approximate surface area is 175 Å². The Balaban J connectivity index is 1.63. The molecule has 0 bridgehead atoms. The first-order chi connectivity index (χ1) is 13.8. The molecular formula is C21H26N2O4S2. The number of aryl methyl sites for hydroxylation is 1. The average Bonchev–Trinajstić information content (AvgIpc) is 3.02. The van der Waals surface area contributed by atoms with Gasteiger partial charge in [-0.3, -0.25) is 9.36 Å². The quantitative estimate of drug-likeness (QED) is 0.517. The lowest BCUT2D eigenvalue weighted by Crippen LogP contribution is -2.25. The zero-order valence-corrected chi connectivity index (χ0v) is 18.5. The van der Waals surface area contributed by atoms with Gasteiger partial charge in [0.05, 0.1) is 21.7 Å². The summed E-state index contributed by atoms with van der Waals surface area (Å²) >= 11 is 1.07. The van der Waals surface area contributed by atoms with Crippen LogP contribution in [0.5, 0.6) is 5.75 Å². The van der Waals surface area contributed by atoms with Crippen LogP contribution in [0.2, 0.25) is 0 Å². The molecule has 0 unspecified atom stereocenters. The zero-order valence-electron chi connectivity index (χ0n) is 16.8. The lowest BCUT2D eigenvalue weighted by Gasteiger charge is -2.09. The molecule has 29 heavy (non-hydrogen) atoms. The number of nitrogens with zero attached hydrogens (tertiary/aromatic N) is 1. The molecule has 2 aromatic carbocycles. The minimum atomic E-state index is -3.62. The number of aromatic nitrogens is 1. The summed E-state index contributed by atoms with van der Waals surface area (Å²) in [4.78, 5) is 12.3. The molecule has 156 valence electrons. The van der Waals surface area contributed by atoms with Crippen LogP contribution < -0.4 is 14.3 Å². The van der Waals surface area contributed by atoms with Crippen LogP contribution in [0.4, 0.5) is 0 Å². The maximum atomic E-state index is 12.6. The third-order valence-corrected chi connectivity index (χ3v) is 6.96. The molecule has 0 saturated heterocycles. The highest BCUT2D eigenvalue weighted by Crippen LogP contribution is 2.24. The summed E-state index contributed by atoms with van der Waals surface area (Å²) in [5, 5.41) is 0. The highest BCUT2D eigenvalue weighted by molar-refractivity contribution is 7.89. The Hall–Kier alpha value is -2.16. The molecule has 3 aromatic rings. The molecule has 8 heteroatoms. The molecule has 1 aromatic heterocycles. The average molecular weight is 435 g/mol. The molecule has 1 N–H and O–H groups in total. The summed E-state index contributed by atoms with van der Waals surface area (Å²) in [7, 11) is -3.62. The van der Waals surface area contributed by atoms with Crippen molar-refractivity contribution in [1.29, 1.82) is 0 Å². The van der Waals surface area contributed by atoms with E-state index in [0.29, 0.717) is 24.3 Å². The Kier molecular flexibility index (Phi) is 6.77. The first-order valence-electron chi connectivity index (χ1n) is 9.68. The molecular weight excluding hydrogens is 408 g/mol. The van der Waals surface area contributed by atoms with Crippen molar-refractivity contribution in [2.24, 2.45) is 0 Å². The Bertz CT molecular complexity index is 1130. The van der Waals surface area contributed by atoms with Crippen LogP contribution in [0.25, 0.3) is 10.2 Å². The minimum absolute atomic E-state index is 0.0273. The van der Waals surface area contributed by atoms with Gasteiger partial charge in [-0.2, -0.15) is 0 Å². The molecule has 0 atom stereocenters. The number of benzene rings is 2. The van der Waals surface area contributed by atoms with Crippen molar-refractivity contribution in [1.82, 2.24) is 9.29 Å². The van der Waals surface area contributed by atoms with Crippen LogP contribution in [0.1, 0.15) is 38.8 Å². The lowest BCUT2D eigenvalue weighted by atomic mass is 10.1. The third kappa shape index (κ3) is 5.07. The molecule has 3 rings (SSSR count). The van der Waals surface area contributed by atoms with E-state index in [1.54, 1.807) is 22.8 Å². The Morgan fingerprint density at radius 1 is 1.14 bits per heavy atom. The van der Waals surface area contributed by atoms with Gasteiger partial charge in [0, 0.05) is 12.6 Å². The lowest BCUT2D eigenvalue weighted by molar-refractivity contribution is 0.340. The second-order valence-electron chi connectivity index (χ2n) is 7.04. The van der Waals surface area contributed by atoms with Crippen LogP contribution >= 0.6 is 11.3 Å². The predicted octanol–water partition coefficient (Wildman–Crippen LogP) is 3.95. The fourth-order valence-electron chi connectivity index (χ4n) is 3.17. The maximum Gasteiger partial charge on any atom is 0.308 e. The van der Waals surface area contributed by atoms with Gasteiger partial charge in [-0.25, -0.2) is 13.1 Å². The second-order valence-corrected chi connectivity index (χ2v) is 9.80. The molecule has 0 amide bonds. The van der Waals surface area contributed by atoms with E-state index in [-0.39, 0.29) is 15.8 Å². The molecule has 0 aliphatic rings. The molecule has 0 aliphatic heterocycles. The largest absolute Gasteiger partial charge is 0.494 e. The van der Waals surface area contributed by atoms with E-state index < -0.39 is 10.0 Å². The van der Waals surface area contributed by atoms with Gasteiger partial charge in [0.2, 0.25) is 10.0 Å². The summed E-state index contributed by atoms with van der Waals surface area (Å²) < 4.78 is 35.7. The van der Waals surface area contributed by atoms with E-state index in [1.807, 2.05) is 45.0 Å². The number of thiazole rings is 1. The summed E-state index contributed by atoms with van der Waals surface area (Å²) in [5.41, 5.74) is 1.90. The van der Waals surface area contributed by atoms with Gasteiger partial charge in [0.1, 0.15) is 5.75 Å². The molecule has 0 aliphatic carbocycles. The highest BCUT2D eigenvalue weighted by Gasteiger charge is 2.17. The normalized spacial score (nSPS) is 12.0. The van der Waals surface area contributed by atoms with Crippen molar-refractivity contribution in [2.75, 3.05) is 13.2 Å². The van der Waals surface area contributed by atoms with E-state index in [4.69, 9.17) is 4.74 Å². The highest BCUT2D eigenvalue weighted by atomic mass is 32.2. The van der Waals surface area contributed by atoms with Crippen LogP contribution in [0.15, 0.2) is 52.2 Å². The number of hydrogen-bond acceptors (Lipinski definition) is 5. The predicted molar refractivity (Wildman–Crippen MR) is 118 cm³/mol.